The predicted molar refractivity (Wildman–Crippen MR) is 89.3 cm³/mol. The van der Waals surface area contributed by atoms with E-state index in [1.54, 1.807) is 24.3 Å². The minimum absolute atomic E-state index is 0.0385. The number of rotatable bonds is 2. The van der Waals surface area contributed by atoms with Gasteiger partial charge in [0, 0.05) is 20.0 Å². The van der Waals surface area contributed by atoms with E-state index in [2.05, 4.69) is 4.98 Å². The number of hydrogen-bond donors (Lipinski definition) is 0. The number of aromatic nitrogens is 1. The molecule has 1 nitrogen and oxygen atoms in total. The van der Waals surface area contributed by atoms with Gasteiger partial charge >= 0.3 is 0 Å². The van der Waals surface area contributed by atoms with Crippen molar-refractivity contribution in [2.45, 2.75) is 20.6 Å². The quantitative estimate of drug-likeness (QED) is 0.617. The highest BCUT2D eigenvalue weighted by molar-refractivity contribution is 5.75. The first-order valence-electron chi connectivity index (χ1n) is 9.75. The summed E-state index contributed by atoms with van der Waals surface area (Å²) in [7, 11) is 0. The van der Waals surface area contributed by atoms with Crippen molar-refractivity contribution in [2.24, 2.45) is 0 Å². The highest BCUT2D eigenvalue weighted by Crippen LogP contribution is 2.30. The molecule has 0 spiro atoms. The first-order valence-corrected chi connectivity index (χ1v) is 6.75. The molecule has 21 heavy (non-hydrogen) atoms. The fourth-order valence-corrected chi connectivity index (χ4v) is 2.34. The van der Waals surface area contributed by atoms with Crippen LogP contribution in [0.15, 0.2) is 60.8 Å². The van der Waals surface area contributed by atoms with Gasteiger partial charge in [0.2, 0.25) is 0 Å². The Balaban J connectivity index is 2.31. The summed E-state index contributed by atoms with van der Waals surface area (Å²) in [4.78, 5) is 4.31. The number of pyridine rings is 1. The second-order valence-corrected chi connectivity index (χ2v) is 5.03. The molecule has 0 saturated heterocycles. The minimum Gasteiger partial charge on any atom is -0.256 e. The molecule has 0 bridgehead atoms. The summed E-state index contributed by atoms with van der Waals surface area (Å²) in [5.41, 5.74) is 3.17. The van der Waals surface area contributed by atoms with Gasteiger partial charge in [0.05, 0.1) is 5.69 Å². The molecule has 2 aromatic carbocycles. The van der Waals surface area contributed by atoms with Crippen molar-refractivity contribution in [3.8, 4) is 22.4 Å². The molecule has 0 N–H and O–H groups in total. The second kappa shape index (κ2) is 5.53. The first kappa shape index (κ1) is 8.14. The van der Waals surface area contributed by atoms with E-state index in [1.165, 1.54) is 6.20 Å². The van der Waals surface area contributed by atoms with Gasteiger partial charge in [-0.1, -0.05) is 54.1 Å². The largest absolute Gasteiger partial charge is 0.256 e. The zero-order valence-electron chi connectivity index (χ0n) is 17.7. The van der Waals surface area contributed by atoms with Crippen LogP contribution in [-0.2, 0) is 0 Å². The van der Waals surface area contributed by atoms with Gasteiger partial charge in [0.25, 0.3) is 0 Å². The van der Waals surface area contributed by atoms with Gasteiger partial charge in [-0.05, 0) is 48.9 Å². The summed E-state index contributed by atoms with van der Waals surface area (Å²) >= 11 is 0. The number of benzene rings is 2. The molecule has 0 aliphatic carbocycles. The summed E-state index contributed by atoms with van der Waals surface area (Å²) in [6, 6.07) is 16.1. The van der Waals surface area contributed by atoms with Gasteiger partial charge in [-0.15, -0.1) is 0 Å². The minimum atomic E-state index is -2.41. The zero-order chi connectivity index (χ0) is 19.8. The van der Waals surface area contributed by atoms with Crippen molar-refractivity contribution in [3.63, 3.8) is 0 Å². The third kappa shape index (κ3) is 2.73. The van der Waals surface area contributed by atoms with Gasteiger partial charge in [-0.25, -0.2) is 0 Å². The predicted octanol–water partition coefficient (Wildman–Crippen LogP) is 5.34. The van der Waals surface area contributed by atoms with Crippen LogP contribution < -0.4 is 0 Å². The summed E-state index contributed by atoms with van der Waals surface area (Å²) in [6.07, 6.45) is 1.33. The Morgan fingerprint density at radius 1 is 0.857 bits per heavy atom. The fraction of sp³-hybridized carbons (Fsp3) is 0.150. The molecule has 0 amide bonds. The molecule has 0 unspecified atom stereocenters. The van der Waals surface area contributed by atoms with Crippen LogP contribution in [0.4, 0.5) is 0 Å². The first-order chi connectivity index (χ1) is 12.6. The highest BCUT2D eigenvalue weighted by Gasteiger charge is 2.08. The third-order valence-electron chi connectivity index (χ3n) is 3.44. The van der Waals surface area contributed by atoms with Gasteiger partial charge in [0.1, 0.15) is 0 Å². The average Bonchev–Trinajstić information content (AvgIpc) is 2.60. The van der Waals surface area contributed by atoms with Crippen molar-refractivity contribution < 1.29 is 8.22 Å². The summed E-state index contributed by atoms with van der Waals surface area (Å²) < 4.78 is 47.2. The Morgan fingerprint density at radius 2 is 1.67 bits per heavy atom. The maximum Gasteiger partial charge on any atom is 0.0708 e. The molecular formula is C20H19N. The molecule has 1 aromatic heterocycles. The van der Waals surface area contributed by atoms with Crippen molar-refractivity contribution >= 4 is 0 Å². The fourth-order valence-electron chi connectivity index (χ4n) is 2.34. The van der Waals surface area contributed by atoms with E-state index in [0.29, 0.717) is 16.8 Å². The summed E-state index contributed by atoms with van der Waals surface area (Å²) in [5, 5.41) is 0. The van der Waals surface area contributed by atoms with Crippen LogP contribution in [0.1, 0.15) is 24.9 Å². The molecule has 0 fully saturated rings. The standard InChI is InChI=1S/C20H19N/c1-14-9-10-18(15(2)11-14)19-12-20(21-13-16(19)3)17-7-5-4-6-8-17/h4-13H,1-3H3/i2D3,3D3. The Bertz CT molecular complexity index is 958. The lowest BCUT2D eigenvalue weighted by molar-refractivity contribution is 1.26. The molecule has 104 valence electrons. The smallest absolute Gasteiger partial charge is 0.0708 e. The topological polar surface area (TPSA) is 12.9 Å². The number of hydrogen-bond acceptors (Lipinski definition) is 1. The third-order valence-corrected chi connectivity index (χ3v) is 3.44. The normalized spacial score (nSPS) is 16.0. The Morgan fingerprint density at radius 3 is 2.43 bits per heavy atom. The maximum atomic E-state index is 7.88. The van der Waals surface area contributed by atoms with Gasteiger partial charge in [0.15, 0.2) is 0 Å². The van der Waals surface area contributed by atoms with E-state index in [4.69, 9.17) is 8.22 Å². The Hall–Kier alpha value is -2.41. The van der Waals surface area contributed by atoms with Crippen LogP contribution in [-0.4, -0.2) is 4.98 Å². The SMILES string of the molecule is [2H]C([2H])([2H])c1cnc(-c2ccccc2)cc1-c1ccc(C)cc1C([2H])([2H])[2H]. The van der Waals surface area contributed by atoms with Crippen LogP contribution in [0.3, 0.4) is 0 Å². The molecule has 1 heteroatoms. The average molecular weight is 279 g/mol. The lowest BCUT2D eigenvalue weighted by atomic mass is 9.95. The monoisotopic (exact) mass is 279 g/mol. The molecule has 1 heterocycles. The number of aryl methyl sites for hydroxylation is 3. The van der Waals surface area contributed by atoms with E-state index in [0.717, 1.165) is 11.1 Å². The summed E-state index contributed by atoms with van der Waals surface area (Å²) in [5.74, 6) is 0. The van der Waals surface area contributed by atoms with Crippen LogP contribution in [0.25, 0.3) is 22.4 Å². The van der Waals surface area contributed by atoms with Crippen molar-refractivity contribution in [3.05, 3.63) is 77.5 Å². The van der Waals surface area contributed by atoms with Crippen LogP contribution in [0.2, 0.25) is 0 Å². The van der Waals surface area contributed by atoms with Gasteiger partial charge < -0.3 is 0 Å². The lowest BCUT2D eigenvalue weighted by Gasteiger charge is -2.12. The van der Waals surface area contributed by atoms with Crippen molar-refractivity contribution in [1.82, 2.24) is 4.98 Å². The lowest BCUT2D eigenvalue weighted by Crippen LogP contribution is -1.92. The highest BCUT2D eigenvalue weighted by atomic mass is 14.7. The Labute approximate surface area is 134 Å². The molecular weight excluding hydrogens is 254 g/mol. The van der Waals surface area contributed by atoms with E-state index < -0.39 is 13.7 Å². The molecule has 0 aliphatic rings. The Kier molecular flexibility index (Phi) is 2.14. The second-order valence-electron chi connectivity index (χ2n) is 5.03. The molecule has 0 atom stereocenters. The van der Waals surface area contributed by atoms with Crippen LogP contribution in [0, 0.1) is 20.6 Å². The molecule has 0 saturated carbocycles. The molecule has 0 radical (unpaired) electrons. The van der Waals surface area contributed by atoms with E-state index in [9.17, 15) is 0 Å². The van der Waals surface area contributed by atoms with Crippen LogP contribution >= 0.6 is 0 Å². The van der Waals surface area contributed by atoms with E-state index >= 15 is 0 Å². The molecule has 0 aliphatic heterocycles. The van der Waals surface area contributed by atoms with Crippen LogP contribution in [0.5, 0.6) is 0 Å². The molecule has 3 aromatic rings. The maximum absolute atomic E-state index is 7.88. The van der Waals surface area contributed by atoms with E-state index in [-0.39, 0.29) is 11.1 Å². The van der Waals surface area contributed by atoms with Gasteiger partial charge in [-0.3, -0.25) is 4.98 Å². The van der Waals surface area contributed by atoms with E-state index in [1.807, 2.05) is 37.3 Å². The zero-order valence-corrected chi connectivity index (χ0v) is 11.7. The van der Waals surface area contributed by atoms with Gasteiger partial charge in [-0.2, -0.15) is 0 Å². The number of nitrogens with zero attached hydrogens (tertiary/aromatic N) is 1. The van der Waals surface area contributed by atoms with Crippen molar-refractivity contribution in [1.29, 1.82) is 0 Å². The van der Waals surface area contributed by atoms with Crippen molar-refractivity contribution in [2.75, 3.05) is 0 Å². The summed E-state index contributed by atoms with van der Waals surface area (Å²) in [6.45, 7) is -2.95. The molecule has 3 rings (SSSR count).